The lowest BCUT2D eigenvalue weighted by molar-refractivity contribution is -0.119. The third-order valence-corrected chi connectivity index (χ3v) is 8.66. The molecule has 0 bridgehead atoms. The van der Waals surface area contributed by atoms with E-state index in [1.54, 1.807) is 23.9 Å². The summed E-state index contributed by atoms with van der Waals surface area (Å²) >= 11 is 7.83. The van der Waals surface area contributed by atoms with E-state index in [1.165, 1.54) is 32.4 Å². The number of rotatable bonds is 12. The van der Waals surface area contributed by atoms with Crippen molar-refractivity contribution in [3.05, 3.63) is 82.4 Å². The van der Waals surface area contributed by atoms with Crippen LogP contribution in [0.2, 0.25) is 5.02 Å². The van der Waals surface area contributed by atoms with Crippen molar-refractivity contribution in [2.45, 2.75) is 24.5 Å². The van der Waals surface area contributed by atoms with E-state index in [9.17, 15) is 13.2 Å². The molecule has 0 aliphatic rings. The maximum atomic E-state index is 13.8. The van der Waals surface area contributed by atoms with Crippen molar-refractivity contribution >= 4 is 45.0 Å². The smallest absolute Gasteiger partial charge is 0.264 e. The Kier molecular flexibility index (Phi) is 10.1. The zero-order valence-electron chi connectivity index (χ0n) is 21.3. The molecule has 0 radical (unpaired) electrons. The summed E-state index contributed by atoms with van der Waals surface area (Å²) in [7, 11) is -1.18. The molecule has 198 valence electrons. The normalized spacial score (nSPS) is 11.2. The number of carbonyl (C=O) groups excluding carboxylic acids is 1. The van der Waals surface area contributed by atoms with Crippen molar-refractivity contribution in [3.63, 3.8) is 0 Å². The molecule has 0 fully saturated rings. The van der Waals surface area contributed by atoms with Crippen LogP contribution in [0.15, 0.2) is 65.6 Å². The fraction of sp³-hybridized carbons (Fsp3) is 0.296. The van der Waals surface area contributed by atoms with E-state index in [1.807, 2.05) is 44.2 Å². The molecule has 0 saturated heterocycles. The lowest BCUT2D eigenvalue weighted by atomic mass is 10.1. The second kappa shape index (κ2) is 13.1. The zero-order chi connectivity index (χ0) is 27.0. The maximum Gasteiger partial charge on any atom is 0.264 e. The van der Waals surface area contributed by atoms with Crippen molar-refractivity contribution in [1.82, 2.24) is 5.32 Å². The SMILES string of the molecule is COc1ccc(S(=O)(=O)N(CC(=O)NCCSCc2ccccc2Cl)c2cc(C)cc(C)c2)cc1OC. The van der Waals surface area contributed by atoms with Gasteiger partial charge in [-0.15, -0.1) is 0 Å². The number of ether oxygens (including phenoxy) is 2. The van der Waals surface area contributed by atoms with Crippen LogP contribution in [0.1, 0.15) is 16.7 Å². The second-order valence-corrected chi connectivity index (χ2v) is 11.7. The summed E-state index contributed by atoms with van der Waals surface area (Å²) in [6, 6.07) is 17.4. The average molecular weight is 563 g/mol. The monoisotopic (exact) mass is 562 g/mol. The van der Waals surface area contributed by atoms with E-state index < -0.39 is 15.9 Å². The molecular weight excluding hydrogens is 532 g/mol. The number of anilines is 1. The Morgan fingerprint density at radius 1 is 0.973 bits per heavy atom. The number of aryl methyl sites for hydroxylation is 2. The third kappa shape index (κ3) is 7.56. The van der Waals surface area contributed by atoms with E-state index in [-0.39, 0.29) is 17.2 Å². The van der Waals surface area contributed by atoms with E-state index >= 15 is 0 Å². The summed E-state index contributed by atoms with van der Waals surface area (Å²) in [5.41, 5.74) is 3.22. The van der Waals surface area contributed by atoms with Crippen molar-refractivity contribution in [2.24, 2.45) is 0 Å². The van der Waals surface area contributed by atoms with Gasteiger partial charge in [-0.3, -0.25) is 9.10 Å². The van der Waals surface area contributed by atoms with E-state index in [0.717, 1.165) is 26.7 Å². The second-order valence-electron chi connectivity index (χ2n) is 8.37. The number of amides is 1. The number of thioether (sulfide) groups is 1. The van der Waals surface area contributed by atoms with Crippen LogP contribution in [-0.4, -0.2) is 47.4 Å². The Labute approximate surface area is 228 Å². The highest BCUT2D eigenvalue weighted by molar-refractivity contribution is 7.98. The minimum atomic E-state index is -4.10. The molecule has 37 heavy (non-hydrogen) atoms. The van der Waals surface area contributed by atoms with Crippen molar-refractivity contribution < 1.29 is 22.7 Å². The Bertz CT molecular complexity index is 1330. The van der Waals surface area contributed by atoms with Gasteiger partial charge >= 0.3 is 0 Å². The van der Waals surface area contributed by atoms with Gasteiger partial charge in [0.2, 0.25) is 5.91 Å². The predicted molar refractivity (Wildman–Crippen MR) is 151 cm³/mol. The Balaban J connectivity index is 1.76. The molecule has 3 aromatic rings. The number of nitrogens with one attached hydrogen (secondary N) is 1. The van der Waals surface area contributed by atoms with Crippen LogP contribution in [0.3, 0.4) is 0 Å². The fourth-order valence-corrected chi connectivity index (χ4v) is 6.33. The minimum Gasteiger partial charge on any atom is -0.493 e. The summed E-state index contributed by atoms with van der Waals surface area (Å²) in [5, 5.41) is 3.55. The molecule has 0 heterocycles. The maximum absolute atomic E-state index is 13.8. The number of carbonyl (C=O) groups is 1. The fourth-order valence-electron chi connectivity index (χ4n) is 3.76. The Morgan fingerprint density at radius 3 is 2.30 bits per heavy atom. The van der Waals surface area contributed by atoms with Crippen LogP contribution in [0.4, 0.5) is 5.69 Å². The van der Waals surface area contributed by atoms with Gasteiger partial charge in [0.1, 0.15) is 6.54 Å². The van der Waals surface area contributed by atoms with Gasteiger partial charge in [-0.05, 0) is 60.9 Å². The first kappa shape index (κ1) is 28.7. The van der Waals surface area contributed by atoms with Gasteiger partial charge in [-0.25, -0.2) is 8.42 Å². The lowest BCUT2D eigenvalue weighted by Crippen LogP contribution is -2.41. The molecule has 0 aliphatic carbocycles. The van der Waals surface area contributed by atoms with Gasteiger partial charge in [0, 0.05) is 29.1 Å². The molecule has 0 saturated carbocycles. The third-order valence-electron chi connectivity index (χ3n) is 5.51. The molecule has 1 N–H and O–H groups in total. The summed E-state index contributed by atoms with van der Waals surface area (Å²) in [6.45, 7) is 3.79. The molecule has 0 aromatic heterocycles. The molecule has 3 rings (SSSR count). The van der Waals surface area contributed by atoms with E-state index in [0.29, 0.717) is 28.8 Å². The van der Waals surface area contributed by atoms with Crippen LogP contribution in [-0.2, 0) is 20.6 Å². The number of methoxy groups -OCH3 is 2. The summed E-state index contributed by atoms with van der Waals surface area (Å²) in [6.07, 6.45) is 0. The van der Waals surface area contributed by atoms with E-state index in [2.05, 4.69) is 5.32 Å². The largest absolute Gasteiger partial charge is 0.493 e. The van der Waals surface area contributed by atoms with Gasteiger partial charge in [-0.2, -0.15) is 11.8 Å². The molecule has 0 unspecified atom stereocenters. The predicted octanol–water partition coefficient (Wildman–Crippen LogP) is 5.22. The molecule has 0 spiro atoms. The number of sulfonamides is 1. The van der Waals surface area contributed by atoms with Gasteiger partial charge in [-0.1, -0.05) is 35.9 Å². The van der Waals surface area contributed by atoms with Gasteiger partial charge in [0.15, 0.2) is 11.5 Å². The van der Waals surface area contributed by atoms with Crippen LogP contribution >= 0.6 is 23.4 Å². The van der Waals surface area contributed by atoms with Gasteiger partial charge in [0.05, 0.1) is 24.8 Å². The average Bonchev–Trinajstić information content (AvgIpc) is 2.86. The van der Waals surface area contributed by atoms with Crippen LogP contribution in [0.5, 0.6) is 11.5 Å². The van der Waals surface area contributed by atoms with Crippen LogP contribution in [0.25, 0.3) is 0 Å². The highest BCUT2D eigenvalue weighted by atomic mass is 35.5. The zero-order valence-corrected chi connectivity index (χ0v) is 23.7. The number of benzene rings is 3. The molecule has 1 amide bonds. The molecule has 10 heteroatoms. The lowest BCUT2D eigenvalue weighted by Gasteiger charge is -2.25. The van der Waals surface area contributed by atoms with Crippen molar-refractivity contribution in [3.8, 4) is 11.5 Å². The summed E-state index contributed by atoms with van der Waals surface area (Å²) in [4.78, 5) is 12.9. The quantitative estimate of drug-likeness (QED) is 0.305. The van der Waals surface area contributed by atoms with E-state index in [4.69, 9.17) is 21.1 Å². The van der Waals surface area contributed by atoms with Crippen molar-refractivity contribution in [2.75, 3.05) is 37.4 Å². The standard InChI is InChI=1S/C27H31ClN2O5S2/c1-19-13-20(2)15-22(14-19)30(37(32,33)23-9-10-25(34-3)26(16-23)35-4)17-27(31)29-11-12-36-18-21-7-5-6-8-24(21)28/h5-10,13-16H,11-12,17-18H2,1-4H3,(H,29,31). The Hall–Kier alpha value is -2.88. The number of nitrogens with zero attached hydrogens (tertiary/aromatic N) is 1. The van der Waals surface area contributed by atoms with Gasteiger partial charge < -0.3 is 14.8 Å². The van der Waals surface area contributed by atoms with Crippen molar-refractivity contribution in [1.29, 1.82) is 0 Å². The number of hydrogen-bond donors (Lipinski definition) is 1. The molecular formula is C27H31ClN2O5S2. The summed E-state index contributed by atoms with van der Waals surface area (Å²) < 4.78 is 39.2. The molecule has 7 nitrogen and oxygen atoms in total. The first-order chi connectivity index (χ1) is 17.6. The van der Waals surface area contributed by atoms with Crippen LogP contribution in [0, 0.1) is 13.8 Å². The Morgan fingerprint density at radius 2 is 1.65 bits per heavy atom. The topological polar surface area (TPSA) is 84.9 Å². The summed E-state index contributed by atoms with van der Waals surface area (Å²) in [5.74, 6) is 1.66. The first-order valence-electron chi connectivity index (χ1n) is 11.6. The number of hydrogen-bond acceptors (Lipinski definition) is 6. The molecule has 0 aliphatic heterocycles. The minimum absolute atomic E-state index is 0.00703. The highest BCUT2D eigenvalue weighted by Crippen LogP contribution is 2.32. The van der Waals surface area contributed by atoms with Gasteiger partial charge in [0.25, 0.3) is 10.0 Å². The van der Waals surface area contributed by atoms with Crippen LogP contribution < -0.4 is 19.1 Å². The first-order valence-corrected chi connectivity index (χ1v) is 14.5. The highest BCUT2D eigenvalue weighted by Gasteiger charge is 2.28. The molecule has 0 atom stereocenters. The molecule has 3 aromatic carbocycles. The number of halogens is 1.